The standard InChI is InChI=1S/C19H22ClN5O2S/c1-14-3-4-16(11-17(14)20)25-13-22-23-19(25)28-12-18(26)24(8-2-7-21)15-5-9-27-10-6-15/h3-4,11,13,15H,2,5-6,8-10,12H2,1H3. The number of nitriles is 1. The Balaban J connectivity index is 1.68. The molecule has 0 saturated carbocycles. The Morgan fingerprint density at radius 1 is 1.46 bits per heavy atom. The van der Waals surface area contributed by atoms with Gasteiger partial charge in [0.05, 0.1) is 23.9 Å². The summed E-state index contributed by atoms with van der Waals surface area (Å²) >= 11 is 7.56. The Hall–Kier alpha value is -2.08. The summed E-state index contributed by atoms with van der Waals surface area (Å²) in [6.45, 7) is 3.69. The van der Waals surface area contributed by atoms with Crippen LogP contribution in [0, 0.1) is 18.3 Å². The molecule has 148 valence electrons. The summed E-state index contributed by atoms with van der Waals surface area (Å²) in [5.74, 6) is 0.241. The molecule has 1 saturated heterocycles. The zero-order valence-corrected chi connectivity index (χ0v) is 17.2. The molecule has 7 nitrogen and oxygen atoms in total. The van der Waals surface area contributed by atoms with E-state index in [9.17, 15) is 4.79 Å². The topological polar surface area (TPSA) is 84.0 Å². The van der Waals surface area contributed by atoms with Crippen LogP contribution in [0.2, 0.25) is 5.02 Å². The van der Waals surface area contributed by atoms with Gasteiger partial charge in [0.1, 0.15) is 6.33 Å². The number of thioether (sulfide) groups is 1. The number of ether oxygens (including phenoxy) is 1. The van der Waals surface area contributed by atoms with Crippen molar-refractivity contribution in [1.29, 1.82) is 5.26 Å². The maximum Gasteiger partial charge on any atom is 0.233 e. The highest BCUT2D eigenvalue weighted by Crippen LogP contribution is 2.25. The van der Waals surface area contributed by atoms with Crippen LogP contribution < -0.4 is 0 Å². The number of hydrogen-bond acceptors (Lipinski definition) is 6. The lowest BCUT2D eigenvalue weighted by molar-refractivity contribution is -0.132. The van der Waals surface area contributed by atoms with Gasteiger partial charge in [0.25, 0.3) is 0 Å². The van der Waals surface area contributed by atoms with Crippen LogP contribution in [-0.2, 0) is 9.53 Å². The predicted octanol–water partition coefficient (Wildman–Crippen LogP) is 3.24. The van der Waals surface area contributed by atoms with Crippen molar-refractivity contribution in [3.63, 3.8) is 0 Å². The van der Waals surface area contributed by atoms with E-state index in [2.05, 4.69) is 16.3 Å². The van der Waals surface area contributed by atoms with E-state index in [4.69, 9.17) is 21.6 Å². The highest BCUT2D eigenvalue weighted by atomic mass is 35.5. The van der Waals surface area contributed by atoms with Crippen LogP contribution in [0.25, 0.3) is 5.69 Å². The number of halogens is 1. The van der Waals surface area contributed by atoms with Crippen LogP contribution in [0.1, 0.15) is 24.8 Å². The molecule has 1 aliphatic rings. The molecule has 1 amide bonds. The van der Waals surface area contributed by atoms with Gasteiger partial charge in [0.15, 0.2) is 5.16 Å². The van der Waals surface area contributed by atoms with E-state index in [1.54, 1.807) is 6.33 Å². The van der Waals surface area contributed by atoms with Crippen molar-refractivity contribution in [3.8, 4) is 11.8 Å². The number of hydrogen-bond donors (Lipinski definition) is 0. The summed E-state index contributed by atoms with van der Waals surface area (Å²) in [7, 11) is 0. The molecule has 0 atom stereocenters. The molecule has 1 aromatic heterocycles. The van der Waals surface area contributed by atoms with Gasteiger partial charge in [-0.3, -0.25) is 9.36 Å². The summed E-state index contributed by atoms with van der Waals surface area (Å²) in [6.07, 6.45) is 3.55. The monoisotopic (exact) mass is 419 g/mol. The zero-order chi connectivity index (χ0) is 19.9. The van der Waals surface area contributed by atoms with Gasteiger partial charge in [0, 0.05) is 30.8 Å². The van der Waals surface area contributed by atoms with Crippen LogP contribution in [-0.4, -0.2) is 57.1 Å². The molecule has 0 aliphatic carbocycles. The third kappa shape index (κ3) is 5.04. The second kappa shape index (κ2) is 9.92. The second-order valence-corrected chi connectivity index (χ2v) is 7.89. The van der Waals surface area contributed by atoms with E-state index in [-0.39, 0.29) is 17.7 Å². The van der Waals surface area contributed by atoms with Gasteiger partial charge in [-0.1, -0.05) is 29.4 Å². The fourth-order valence-corrected chi connectivity index (χ4v) is 4.11. The Bertz CT molecular complexity index is 860. The average molecular weight is 420 g/mol. The molecule has 2 aromatic rings. The summed E-state index contributed by atoms with van der Waals surface area (Å²) < 4.78 is 7.21. The molecule has 3 rings (SSSR count). The van der Waals surface area contributed by atoms with Gasteiger partial charge >= 0.3 is 0 Å². The molecular formula is C19H22ClN5O2S. The van der Waals surface area contributed by atoms with E-state index in [1.807, 2.05) is 34.6 Å². The van der Waals surface area contributed by atoms with Crippen molar-refractivity contribution in [2.24, 2.45) is 0 Å². The van der Waals surface area contributed by atoms with Crippen molar-refractivity contribution in [3.05, 3.63) is 35.1 Å². The quantitative estimate of drug-likeness (QED) is 0.640. The number of aromatic nitrogens is 3. The second-order valence-electron chi connectivity index (χ2n) is 6.54. The van der Waals surface area contributed by atoms with Crippen LogP contribution in [0.15, 0.2) is 29.7 Å². The van der Waals surface area contributed by atoms with Gasteiger partial charge in [-0.2, -0.15) is 5.26 Å². The summed E-state index contributed by atoms with van der Waals surface area (Å²) in [6, 6.07) is 7.99. The van der Waals surface area contributed by atoms with E-state index in [0.717, 1.165) is 24.1 Å². The smallest absolute Gasteiger partial charge is 0.233 e. The molecule has 0 radical (unpaired) electrons. The number of benzene rings is 1. The third-order valence-electron chi connectivity index (χ3n) is 4.69. The maximum atomic E-state index is 12.9. The normalized spacial score (nSPS) is 14.6. The lowest BCUT2D eigenvalue weighted by Gasteiger charge is -2.33. The van der Waals surface area contributed by atoms with E-state index < -0.39 is 0 Å². The lowest BCUT2D eigenvalue weighted by atomic mass is 10.1. The minimum Gasteiger partial charge on any atom is -0.381 e. The molecule has 0 bridgehead atoms. The molecule has 1 fully saturated rings. The first-order chi connectivity index (χ1) is 13.6. The fraction of sp³-hybridized carbons (Fsp3) is 0.474. The maximum absolute atomic E-state index is 12.9. The van der Waals surface area contributed by atoms with Crippen molar-refractivity contribution < 1.29 is 9.53 Å². The van der Waals surface area contributed by atoms with Gasteiger partial charge in [0.2, 0.25) is 5.91 Å². The highest BCUT2D eigenvalue weighted by molar-refractivity contribution is 7.99. The molecule has 0 unspecified atom stereocenters. The van der Waals surface area contributed by atoms with Gasteiger partial charge < -0.3 is 9.64 Å². The Labute approximate surface area is 173 Å². The van der Waals surface area contributed by atoms with Gasteiger partial charge in [-0.15, -0.1) is 10.2 Å². The van der Waals surface area contributed by atoms with Crippen molar-refractivity contribution in [2.75, 3.05) is 25.5 Å². The Morgan fingerprint density at radius 2 is 2.25 bits per heavy atom. The van der Waals surface area contributed by atoms with Crippen LogP contribution in [0.3, 0.4) is 0 Å². The SMILES string of the molecule is Cc1ccc(-n2cnnc2SCC(=O)N(CCC#N)C2CCOCC2)cc1Cl. The van der Waals surface area contributed by atoms with E-state index >= 15 is 0 Å². The Morgan fingerprint density at radius 3 is 2.96 bits per heavy atom. The molecule has 0 spiro atoms. The zero-order valence-electron chi connectivity index (χ0n) is 15.7. The minimum absolute atomic E-state index is 0.00337. The Kier molecular flexibility index (Phi) is 7.31. The molecule has 1 aromatic carbocycles. The lowest BCUT2D eigenvalue weighted by Crippen LogP contribution is -2.44. The van der Waals surface area contributed by atoms with Crippen molar-refractivity contribution in [2.45, 2.75) is 37.4 Å². The summed E-state index contributed by atoms with van der Waals surface area (Å²) in [5, 5.41) is 18.3. The van der Waals surface area contributed by atoms with Gasteiger partial charge in [-0.05, 0) is 37.5 Å². The largest absolute Gasteiger partial charge is 0.381 e. The summed E-state index contributed by atoms with van der Waals surface area (Å²) in [5.41, 5.74) is 1.84. The van der Waals surface area contributed by atoms with Gasteiger partial charge in [-0.25, -0.2) is 0 Å². The fourth-order valence-electron chi connectivity index (χ4n) is 3.12. The molecule has 1 aliphatic heterocycles. The molecule has 9 heteroatoms. The molecular weight excluding hydrogens is 398 g/mol. The number of aryl methyl sites for hydroxylation is 1. The number of carbonyl (C=O) groups excluding carboxylic acids is 1. The minimum atomic E-state index is 0.00337. The molecule has 28 heavy (non-hydrogen) atoms. The van der Waals surface area contributed by atoms with E-state index in [0.29, 0.717) is 36.4 Å². The highest BCUT2D eigenvalue weighted by Gasteiger charge is 2.26. The number of rotatable bonds is 7. The average Bonchev–Trinajstić information content (AvgIpc) is 3.18. The first kappa shape index (κ1) is 20.6. The van der Waals surface area contributed by atoms with Crippen LogP contribution in [0.4, 0.5) is 0 Å². The van der Waals surface area contributed by atoms with Crippen molar-refractivity contribution in [1.82, 2.24) is 19.7 Å². The number of nitrogens with zero attached hydrogens (tertiary/aromatic N) is 5. The third-order valence-corrected chi connectivity index (χ3v) is 6.03. The molecule has 2 heterocycles. The predicted molar refractivity (Wildman–Crippen MR) is 108 cm³/mol. The summed E-state index contributed by atoms with van der Waals surface area (Å²) in [4.78, 5) is 14.7. The van der Waals surface area contributed by atoms with Crippen molar-refractivity contribution >= 4 is 29.3 Å². The molecule has 0 N–H and O–H groups in total. The van der Waals surface area contributed by atoms with Crippen LogP contribution in [0.5, 0.6) is 0 Å². The number of amides is 1. The first-order valence-corrected chi connectivity index (χ1v) is 10.5. The van der Waals surface area contributed by atoms with Crippen LogP contribution >= 0.6 is 23.4 Å². The van der Waals surface area contributed by atoms with E-state index in [1.165, 1.54) is 11.8 Å². The number of carbonyl (C=O) groups is 1. The first-order valence-electron chi connectivity index (χ1n) is 9.13.